The van der Waals surface area contributed by atoms with Gasteiger partial charge in [0.1, 0.15) is 0 Å². The summed E-state index contributed by atoms with van der Waals surface area (Å²) in [6.07, 6.45) is -2.35. The molecule has 15 heteroatoms. The monoisotopic (exact) mass is 612 g/mol. The molecule has 0 spiro atoms. The number of halogens is 5. The molecule has 0 bridgehead atoms. The highest BCUT2D eigenvalue weighted by atomic mass is 19.4. The van der Waals surface area contributed by atoms with E-state index in [9.17, 15) is 31.5 Å². The number of nitrogens with one attached hydrogen (secondary N) is 1. The van der Waals surface area contributed by atoms with E-state index in [4.69, 9.17) is 20.0 Å². The Bertz CT molecular complexity index is 1470. The summed E-state index contributed by atoms with van der Waals surface area (Å²) < 4.78 is 79.1. The smallest absolute Gasteiger partial charge is 0.389 e. The highest BCUT2D eigenvalue weighted by Crippen LogP contribution is 2.48. The maximum absolute atomic E-state index is 14.1. The van der Waals surface area contributed by atoms with Gasteiger partial charge in [-0.2, -0.15) is 18.3 Å². The summed E-state index contributed by atoms with van der Waals surface area (Å²) in [5.41, 5.74) is 6.66. The van der Waals surface area contributed by atoms with Crippen molar-refractivity contribution >= 4 is 17.5 Å². The quantitative estimate of drug-likeness (QED) is 0.274. The number of aromatic nitrogens is 4. The van der Waals surface area contributed by atoms with Crippen LogP contribution in [0.25, 0.3) is 5.65 Å². The number of rotatable bonds is 11. The third kappa shape index (κ3) is 7.24. The number of fused-ring (bicyclic) bond motifs is 1. The van der Waals surface area contributed by atoms with Gasteiger partial charge in [0, 0.05) is 19.3 Å². The molecule has 2 saturated carbocycles. The lowest BCUT2D eigenvalue weighted by Gasteiger charge is -2.32. The van der Waals surface area contributed by atoms with Crippen LogP contribution in [0.3, 0.4) is 0 Å². The van der Waals surface area contributed by atoms with Crippen molar-refractivity contribution in [2.24, 2.45) is 17.6 Å². The van der Waals surface area contributed by atoms with Crippen LogP contribution in [0, 0.1) is 11.8 Å². The number of amides is 2. The summed E-state index contributed by atoms with van der Waals surface area (Å²) in [6.45, 7) is 3.48. The summed E-state index contributed by atoms with van der Waals surface area (Å²) in [5.74, 6) is -5.22. The molecular weight excluding hydrogens is 579 g/mol. The number of hydrogen-bond acceptors (Lipinski definition) is 7. The molecule has 3 N–H and O–H groups in total. The molecule has 5 rings (SSSR count). The van der Waals surface area contributed by atoms with E-state index in [2.05, 4.69) is 15.6 Å². The van der Waals surface area contributed by atoms with Gasteiger partial charge in [0.2, 0.25) is 17.5 Å². The molecule has 2 fully saturated rings. The minimum Gasteiger partial charge on any atom is -0.485 e. The first kappa shape index (κ1) is 30.7. The highest BCUT2D eigenvalue weighted by molar-refractivity contribution is 5.93. The van der Waals surface area contributed by atoms with E-state index in [1.165, 1.54) is 10.7 Å². The zero-order valence-corrected chi connectivity index (χ0v) is 23.7. The van der Waals surface area contributed by atoms with E-state index in [0.717, 1.165) is 12.8 Å². The third-order valence-corrected chi connectivity index (χ3v) is 7.86. The number of carbonyl (C=O) groups excluding carboxylic acids is 2. The van der Waals surface area contributed by atoms with Crippen LogP contribution < -0.4 is 15.8 Å². The van der Waals surface area contributed by atoms with Gasteiger partial charge in [-0.25, -0.2) is 18.3 Å². The fraction of sp³-hybridized carbons (Fsp3) is 0.607. The van der Waals surface area contributed by atoms with Gasteiger partial charge in [-0.1, -0.05) is 5.16 Å². The van der Waals surface area contributed by atoms with Crippen LogP contribution >= 0.6 is 0 Å². The Morgan fingerprint density at radius 2 is 1.88 bits per heavy atom. The Balaban J connectivity index is 1.49. The van der Waals surface area contributed by atoms with E-state index in [-0.39, 0.29) is 60.8 Å². The Labute approximate surface area is 243 Å². The minimum absolute atomic E-state index is 0.0332. The second-order valence-electron chi connectivity index (χ2n) is 11.7. The second kappa shape index (κ2) is 11.7. The van der Waals surface area contributed by atoms with Crippen molar-refractivity contribution in [1.29, 1.82) is 0 Å². The molecule has 3 aromatic rings. The first-order valence-electron chi connectivity index (χ1n) is 14.3. The van der Waals surface area contributed by atoms with Crippen molar-refractivity contribution < 1.29 is 40.8 Å². The summed E-state index contributed by atoms with van der Waals surface area (Å²) in [5, 5.41) is 11.0. The van der Waals surface area contributed by atoms with Crippen LogP contribution in [0.2, 0.25) is 0 Å². The summed E-state index contributed by atoms with van der Waals surface area (Å²) in [4.78, 5) is 29.2. The van der Waals surface area contributed by atoms with Crippen LogP contribution in [-0.4, -0.2) is 49.8 Å². The lowest BCUT2D eigenvalue weighted by molar-refractivity contribution is -0.144. The molecule has 43 heavy (non-hydrogen) atoms. The molecule has 3 heterocycles. The van der Waals surface area contributed by atoms with Crippen LogP contribution in [0.1, 0.15) is 105 Å². The minimum atomic E-state index is -4.44. The molecule has 2 aliphatic rings. The molecule has 3 aromatic heterocycles. The van der Waals surface area contributed by atoms with Crippen LogP contribution in [0.5, 0.6) is 5.75 Å². The number of nitrogens with zero attached hydrogens (tertiary/aromatic N) is 4. The van der Waals surface area contributed by atoms with Crippen LogP contribution in [0.15, 0.2) is 23.0 Å². The molecule has 234 valence electrons. The number of ether oxygens (including phenoxy) is 1. The number of carbonyl (C=O) groups is 2. The molecule has 0 unspecified atom stereocenters. The Morgan fingerprint density at radius 1 is 1.19 bits per heavy atom. The van der Waals surface area contributed by atoms with Gasteiger partial charge >= 0.3 is 6.18 Å². The molecule has 0 aromatic carbocycles. The number of nitrogens with two attached hydrogens (primary N) is 1. The van der Waals surface area contributed by atoms with E-state index in [1.54, 1.807) is 26.1 Å². The highest BCUT2D eigenvalue weighted by Gasteiger charge is 2.43. The molecule has 0 radical (unpaired) electrons. The van der Waals surface area contributed by atoms with Crippen molar-refractivity contribution in [2.75, 3.05) is 0 Å². The summed E-state index contributed by atoms with van der Waals surface area (Å²) >= 11 is 0. The molecular formula is C28H33F5N6O4. The first-order chi connectivity index (χ1) is 20.2. The van der Waals surface area contributed by atoms with Gasteiger partial charge in [-0.05, 0) is 63.0 Å². The maximum Gasteiger partial charge on any atom is 0.389 e. The van der Waals surface area contributed by atoms with Gasteiger partial charge in [-0.3, -0.25) is 9.59 Å². The Hall–Kier alpha value is -3.78. The lowest BCUT2D eigenvalue weighted by Crippen LogP contribution is -2.30. The molecule has 2 amide bonds. The van der Waals surface area contributed by atoms with Gasteiger partial charge < -0.3 is 20.3 Å². The largest absolute Gasteiger partial charge is 0.485 e. The molecule has 2 atom stereocenters. The van der Waals surface area contributed by atoms with E-state index in [1.807, 2.05) is 0 Å². The van der Waals surface area contributed by atoms with Crippen LogP contribution in [-0.2, 0) is 4.79 Å². The summed E-state index contributed by atoms with van der Waals surface area (Å²) in [6, 6.07) is 1.16. The third-order valence-electron chi connectivity index (χ3n) is 7.86. The molecule has 2 aliphatic carbocycles. The zero-order chi connectivity index (χ0) is 31.1. The van der Waals surface area contributed by atoms with Crippen LogP contribution in [0.4, 0.5) is 22.0 Å². The topological polar surface area (TPSA) is 138 Å². The SMILES string of the molecule is CC(C)Oc1c(C(N)=O)noc1[C@H](c1cn2ncc([C@H](NC(=O)CCC(F)(F)F)C3CC3)cc2n1)C1CCC(F)(F)CC1. The van der Waals surface area contributed by atoms with Gasteiger partial charge in [0.25, 0.3) is 5.91 Å². The summed E-state index contributed by atoms with van der Waals surface area (Å²) in [7, 11) is 0. The Morgan fingerprint density at radius 3 is 2.49 bits per heavy atom. The molecule has 0 aliphatic heterocycles. The lowest BCUT2D eigenvalue weighted by atomic mass is 9.76. The van der Waals surface area contributed by atoms with Gasteiger partial charge in [0.05, 0.1) is 42.6 Å². The first-order valence-corrected chi connectivity index (χ1v) is 14.3. The molecule has 0 saturated heterocycles. The number of alkyl halides is 5. The number of hydrogen-bond donors (Lipinski definition) is 2. The number of imidazole rings is 1. The van der Waals surface area contributed by atoms with Crippen molar-refractivity contribution in [3.8, 4) is 5.75 Å². The van der Waals surface area contributed by atoms with Crippen molar-refractivity contribution in [2.45, 2.75) is 95.4 Å². The fourth-order valence-corrected chi connectivity index (χ4v) is 5.62. The zero-order valence-electron chi connectivity index (χ0n) is 23.7. The van der Waals surface area contributed by atoms with E-state index >= 15 is 0 Å². The van der Waals surface area contributed by atoms with E-state index < -0.39 is 48.7 Å². The van der Waals surface area contributed by atoms with E-state index in [0.29, 0.717) is 16.9 Å². The average Bonchev–Trinajstić information content (AvgIpc) is 3.55. The van der Waals surface area contributed by atoms with Crippen molar-refractivity contribution in [3.63, 3.8) is 0 Å². The average molecular weight is 613 g/mol. The fourth-order valence-electron chi connectivity index (χ4n) is 5.62. The van der Waals surface area contributed by atoms with Crippen molar-refractivity contribution in [1.82, 2.24) is 25.1 Å². The number of primary amides is 1. The Kier molecular flexibility index (Phi) is 8.36. The van der Waals surface area contributed by atoms with Crippen molar-refractivity contribution in [3.05, 3.63) is 41.2 Å². The van der Waals surface area contributed by atoms with Gasteiger partial charge in [-0.15, -0.1) is 0 Å². The predicted octanol–water partition coefficient (Wildman–Crippen LogP) is 5.47. The molecule has 10 nitrogen and oxygen atoms in total. The maximum atomic E-state index is 14.1. The second-order valence-corrected chi connectivity index (χ2v) is 11.7. The predicted molar refractivity (Wildman–Crippen MR) is 141 cm³/mol. The standard InChI is InChI=1S/C28H33F5N6O4/c1-14(2)42-25-23(26(34)41)38-43-24(25)21(15-5-8-27(29,30)9-6-15)18-13-39-19(36-18)11-17(12-35-39)22(16-3-4-16)37-20(40)7-10-28(31,32)33/h11-16,21-22H,3-10H2,1-2H3,(H2,34,41)(H,37,40)/t21-,22+/m0/s1. The normalized spacial score (nSPS) is 19.0. The van der Waals surface area contributed by atoms with Gasteiger partial charge in [0.15, 0.2) is 17.2 Å².